The van der Waals surface area contributed by atoms with E-state index in [4.69, 9.17) is 28.9 Å². The summed E-state index contributed by atoms with van der Waals surface area (Å²) in [5.74, 6) is -0.120. The van der Waals surface area contributed by atoms with Crippen LogP contribution >= 0.6 is 23.2 Å². The van der Waals surface area contributed by atoms with E-state index in [1.165, 1.54) is 6.07 Å². The number of hydrogen-bond acceptors (Lipinski definition) is 4. The summed E-state index contributed by atoms with van der Waals surface area (Å²) in [6.07, 6.45) is 1.12. The number of aromatic hydroxyl groups is 1. The third kappa shape index (κ3) is 2.56. The third-order valence-electron chi connectivity index (χ3n) is 4.73. The summed E-state index contributed by atoms with van der Waals surface area (Å²) in [7, 11) is 0. The number of carbonyl (C=O) groups excluding carboxylic acids is 1. The molecule has 2 fully saturated rings. The molecule has 0 bridgehead atoms. The maximum Gasteiger partial charge on any atom is 0.225 e. The van der Waals surface area contributed by atoms with Crippen molar-refractivity contribution in [2.24, 2.45) is 5.73 Å². The molecule has 4 N–H and O–H groups in total. The number of halogens is 2. The van der Waals surface area contributed by atoms with Crippen molar-refractivity contribution >= 4 is 29.1 Å². The third-order valence-corrected chi connectivity index (χ3v) is 5.55. The molecular formula is C15H18Cl2N2O3. The van der Waals surface area contributed by atoms with Gasteiger partial charge in [0.2, 0.25) is 5.91 Å². The molecule has 7 heteroatoms. The SMILES string of the molecule is NC[C@@]1(O)CC(=O)N2C[C@@H](c3c(O)ccc(Cl)c3Cl)C[C@H]2C1. The van der Waals surface area contributed by atoms with Crippen LogP contribution in [0.1, 0.15) is 30.7 Å². The van der Waals surface area contributed by atoms with Crippen molar-refractivity contribution in [1.82, 2.24) is 4.90 Å². The van der Waals surface area contributed by atoms with Crippen molar-refractivity contribution < 1.29 is 15.0 Å². The Bertz CT molecular complexity index is 625. The standard InChI is InChI=1S/C15H18Cl2N2O3/c16-10-1-2-11(20)13(14(10)17)8-3-9-4-15(22,7-18)5-12(21)19(9)6-8/h1-2,8-9,20,22H,3-7,18H2/t8-,9-,15-/m0/s1. The number of nitrogens with two attached hydrogens (primary N) is 1. The van der Waals surface area contributed by atoms with Crippen molar-refractivity contribution in [3.05, 3.63) is 27.7 Å². The van der Waals surface area contributed by atoms with Crippen molar-refractivity contribution in [3.8, 4) is 5.75 Å². The average Bonchev–Trinajstić information content (AvgIpc) is 2.87. The first-order valence-electron chi connectivity index (χ1n) is 7.23. The number of benzene rings is 1. The first-order valence-corrected chi connectivity index (χ1v) is 7.99. The lowest BCUT2D eigenvalue weighted by Crippen LogP contribution is -2.54. The Morgan fingerprint density at radius 3 is 2.82 bits per heavy atom. The molecule has 2 aliphatic rings. The van der Waals surface area contributed by atoms with Crippen LogP contribution in [0.3, 0.4) is 0 Å². The zero-order chi connectivity index (χ0) is 16.1. The minimum absolute atomic E-state index is 0.0436. The van der Waals surface area contributed by atoms with Crippen molar-refractivity contribution in [1.29, 1.82) is 0 Å². The van der Waals surface area contributed by atoms with E-state index in [0.717, 1.165) is 0 Å². The molecule has 3 atom stereocenters. The van der Waals surface area contributed by atoms with Crippen LogP contribution in [0.5, 0.6) is 5.75 Å². The first-order chi connectivity index (χ1) is 10.3. The maximum atomic E-state index is 12.3. The average molecular weight is 345 g/mol. The van der Waals surface area contributed by atoms with Gasteiger partial charge in [0.05, 0.1) is 22.1 Å². The molecule has 2 heterocycles. The Balaban J connectivity index is 1.89. The van der Waals surface area contributed by atoms with Crippen LogP contribution in [-0.4, -0.2) is 45.8 Å². The second-order valence-corrected chi connectivity index (χ2v) is 7.02. The number of carbonyl (C=O) groups is 1. The molecule has 0 aromatic heterocycles. The number of nitrogens with zero attached hydrogens (tertiary/aromatic N) is 1. The van der Waals surface area contributed by atoms with Crippen molar-refractivity contribution in [3.63, 3.8) is 0 Å². The number of amides is 1. The van der Waals surface area contributed by atoms with Crippen LogP contribution in [0.15, 0.2) is 12.1 Å². The number of rotatable bonds is 2. The minimum Gasteiger partial charge on any atom is -0.508 e. The van der Waals surface area contributed by atoms with E-state index >= 15 is 0 Å². The summed E-state index contributed by atoms with van der Waals surface area (Å²) < 4.78 is 0. The molecule has 0 spiro atoms. The maximum absolute atomic E-state index is 12.3. The molecule has 3 rings (SSSR count). The van der Waals surface area contributed by atoms with E-state index in [2.05, 4.69) is 0 Å². The molecule has 22 heavy (non-hydrogen) atoms. The van der Waals surface area contributed by atoms with Crippen LogP contribution in [0.4, 0.5) is 0 Å². The lowest BCUT2D eigenvalue weighted by atomic mass is 9.85. The summed E-state index contributed by atoms with van der Waals surface area (Å²) in [4.78, 5) is 14.0. The Kier molecular flexibility index (Phi) is 4.01. The van der Waals surface area contributed by atoms with Crippen LogP contribution in [-0.2, 0) is 4.79 Å². The number of fused-ring (bicyclic) bond motifs is 1. The molecule has 1 aromatic carbocycles. The van der Waals surface area contributed by atoms with Crippen LogP contribution < -0.4 is 5.73 Å². The topological polar surface area (TPSA) is 86.8 Å². The predicted octanol–water partition coefficient (Wildman–Crippen LogP) is 1.87. The van der Waals surface area contributed by atoms with Gasteiger partial charge in [-0.2, -0.15) is 0 Å². The van der Waals surface area contributed by atoms with Crippen LogP contribution in [0.2, 0.25) is 10.0 Å². The van der Waals surface area contributed by atoms with Gasteiger partial charge >= 0.3 is 0 Å². The summed E-state index contributed by atoms with van der Waals surface area (Å²) >= 11 is 12.3. The molecule has 0 saturated carbocycles. The molecule has 0 radical (unpaired) electrons. The van der Waals surface area contributed by atoms with E-state index in [1.54, 1.807) is 11.0 Å². The van der Waals surface area contributed by atoms with Crippen molar-refractivity contribution in [2.75, 3.05) is 13.1 Å². The molecule has 0 aliphatic carbocycles. The highest BCUT2D eigenvalue weighted by molar-refractivity contribution is 6.42. The Labute approximate surface area is 138 Å². The molecule has 2 saturated heterocycles. The van der Waals surface area contributed by atoms with Gasteiger partial charge in [-0.05, 0) is 25.0 Å². The van der Waals surface area contributed by atoms with E-state index in [1.807, 2.05) is 0 Å². The van der Waals surface area contributed by atoms with Gasteiger partial charge in [-0.3, -0.25) is 4.79 Å². The van der Waals surface area contributed by atoms with Crippen molar-refractivity contribution in [2.45, 2.75) is 36.8 Å². The first kappa shape index (κ1) is 15.9. The second-order valence-electron chi connectivity index (χ2n) is 6.24. The fraction of sp³-hybridized carbons (Fsp3) is 0.533. The Morgan fingerprint density at radius 1 is 1.41 bits per heavy atom. The van der Waals surface area contributed by atoms with Gasteiger partial charge in [-0.15, -0.1) is 0 Å². The molecular weight excluding hydrogens is 327 g/mol. The quantitative estimate of drug-likeness (QED) is 0.764. The number of aliphatic hydroxyl groups is 1. The summed E-state index contributed by atoms with van der Waals surface area (Å²) in [5, 5.41) is 21.2. The number of piperidine rings is 1. The Hall–Kier alpha value is -1.01. The van der Waals surface area contributed by atoms with E-state index in [0.29, 0.717) is 35.0 Å². The molecule has 1 amide bonds. The fourth-order valence-corrected chi connectivity index (χ4v) is 4.10. The highest BCUT2D eigenvalue weighted by atomic mass is 35.5. The Morgan fingerprint density at radius 2 is 2.14 bits per heavy atom. The van der Waals surface area contributed by atoms with Gasteiger partial charge in [-0.1, -0.05) is 23.2 Å². The molecule has 2 aliphatic heterocycles. The van der Waals surface area contributed by atoms with Gasteiger partial charge in [-0.25, -0.2) is 0 Å². The zero-order valence-corrected chi connectivity index (χ0v) is 13.4. The fourth-order valence-electron chi connectivity index (χ4n) is 3.62. The van der Waals surface area contributed by atoms with E-state index < -0.39 is 5.60 Å². The van der Waals surface area contributed by atoms with Gasteiger partial charge < -0.3 is 20.8 Å². The van der Waals surface area contributed by atoms with E-state index in [-0.39, 0.29) is 36.6 Å². The lowest BCUT2D eigenvalue weighted by Gasteiger charge is -2.39. The minimum atomic E-state index is -1.13. The highest BCUT2D eigenvalue weighted by Gasteiger charge is 2.47. The van der Waals surface area contributed by atoms with Crippen LogP contribution in [0.25, 0.3) is 0 Å². The monoisotopic (exact) mass is 344 g/mol. The summed E-state index contributed by atoms with van der Waals surface area (Å²) in [5.41, 5.74) is 5.04. The van der Waals surface area contributed by atoms with Gasteiger partial charge in [0.1, 0.15) is 5.75 Å². The largest absolute Gasteiger partial charge is 0.508 e. The highest BCUT2D eigenvalue weighted by Crippen LogP contribution is 2.45. The molecule has 1 aromatic rings. The number of phenolic OH excluding ortho intramolecular Hbond substituents is 1. The normalized spacial score (nSPS) is 31.5. The number of phenols is 1. The van der Waals surface area contributed by atoms with Crippen LogP contribution in [0, 0.1) is 0 Å². The number of hydrogen-bond donors (Lipinski definition) is 3. The van der Waals surface area contributed by atoms with E-state index in [9.17, 15) is 15.0 Å². The molecule has 0 unspecified atom stereocenters. The summed E-state index contributed by atoms with van der Waals surface area (Å²) in [6.45, 7) is 0.536. The smallest absolute Gasteiger partial charge is 0.225 e. The van der Waals surface area contributed by atoms with Gasteiger partial charge in [0.25, 0.3) is 0 Å². The second kappa shape index (κ2) is 5.57. The lowest BCUT2D eigenvalue weighted by molar-refractivity contribution is -0.145. The predicted molar refractivity (Wildman–Crippen MR) is 84.2 cm³/mol. The molecule has 5 nitrogen and oxygen atoms in total. The molecule has 120 valence electrons. The summed E-state index contributed by atoms with van der Waals surface area (Å²) in [6, 6.07) is 2.97. The zero-order valence-electron chi connectivity index (χ0n) is 11.9. The van der Waals surface area contributed by atoms with Gasteiger partial charge in [0, 0.05) is 30.6 Å². The van der Waals surface area contributed by atoms with Gasteiger partial charge in [0.15, 0.2) is 0 Å².